The summed E-state index contributed by atoms with van der Waals surface area (Å²) >= 11 is 13.3. The molecular formula is C16H10Cl2N2O3S. The number of rotatable bonds is 2. The molecule has 0 unspecified atom stereocenters. The Morgan fingerprint density at radius 2 is 2.08 bits per heavy atom. The van der Waals surface area contributed by atoms with Crippen molar-refractivity contribution in [3.05, 3.63) is 51.0 Å². The normalized spacial score (nSPS) is 15.7. The Morgan fingerprint density at radius 3 is 2.83 bits per heavy atom. The van der Waals surface area contributed by atoms with Crippen LogP contribution in [0.25, 0.3) is 17.4 Å². The van der Waals surface area contributed by atoms with Crippen LogP contribution >= 0.6 is 35.0 Å². The quantitative estimate of drug-likeness (QED) is 0.785. The van der Waals surface area contributed by atoms with Gasteiger partial charge in [-0.2, -0.15) is 4.99 Å². The van der Waals surface area contributed by atoms with Crippen molar-refractivity contribution in [1.29, 1.82) is 0 Å². The van der Waals surface area contributed by atoms with E-state index < -0.39 is 5.91 Å². The standard InChI is InChI=1S/C16H10Cl2N2O3S/c1-8(21)19-16-20-15(22)13(24-16)7-9-5-6-12(23-9)10-3-2-4-11(17)14(10)18/h2-7H,1H3,(H,19,20,21,22)/b13-7-. The summed E-state index contributed by atoms with van der Waals surface area (Å²) in [7, 11) is 0. The van der Waals surface area contributed by atoms with Crippen molar-refractivity contribution in [2.24, 2.45) is 4.99 Å². The van der Waals surface area contributed by atoms with E-state index in [1.165, 1.54) is 6.92 Å². The van der Waals surface area contributed by atoms with Gasteiger partial charge in [-0.1, -0.05) is 29.3 Å². The molecule has 1 aliphatic heterocycles. The van der Waals surface area contributed by atoms with E-state index in [0.29, 0.717) is 32.0 Å². The number of hydrogen-bond donors (Lipinski definition) is 1. The second-order valence-corrected chi connectivity index (χ2v) is 6.63. The fraction of sp³-hybridized carbons (Fsp3) is 0.0625. The second kappa shape index (κ2) is 6.84. The number of carbonyl (C=O) groups excluding carboxylic acids is 2. The van der Waals surface area contributed by atoms with Crippen LogP contribution in [0, 0.1) is 0 Å². The number of nitrogens with zero attached hydrogens (tertiary/aromatic N) is 1. The zero-order valence-electron chi connectivity index (χ0n) is 12.3. The highest BCUT2D eigenvalue weighted by molar-refractivity contribution is 8.18. The van der Waals surface area contributed by atoms with Crippen LogP contribution in [0.5, 0.6) is 0 Å². The summed E-state index contributed by atoms with van der Waals surface area (Å²) in [4.78, 5) is 27.0. The van der Waals surface area contributed by atoms with Crippen LogP contribution in [0.1, 0.15) is 12.7 Å². The molecule has 0 bridgehead atoms. The van der Waals surface area contributed by atoms with Crippen LogP contribution < -0.4 is 5.32 Å². The second-order valence-electron chi connectivity index (χ2n) is 4.82. The molecule has 0 atom stereocenters. The van der Waals surface area contributed by atoms with Crippen molar-refractivity contribution in [3.63, 3.8) is 0 Å². The number of hydrogen-bond acceptors (Lipinski definition) is 4. The molecule has 1 aliphatic rings. The molecule has 2 aromatic rings. The summed E-state index contributed by atoms with van der Waals surface area (Å²) in [6, 6.07) is 8.70. The van der Waals surface area contributed by atoms with Gasteiger partial charge >= 0.3 is 0 Å². The predicted molar refractivity (Wildman–Crippen MR) is 96.0 cm³/mol. The van der Waals surface area contributed by atoms with Gasteiger partial charge in [-0.25, -0.2) is 0 Å². The van der Waals surface area contributed by atoms with Gasteiger partial charge in [0.15, 0.2) is 5.17 Å². The van der Waals surface area contributed by atoms with Crippen LogP contribution in [0.2, 0.25) is 10.0 Å². The van der Waals surface area contributed by atoms with E-state index in [-0.39, 0.29) is 11.1 Å². The molecule has 0 aliphatic carbocycles. The van der Waals surface area contributed by atoms with Gasteiger partial charge in [0, 0.05) is 18.6 Å². The molecule has 5 nitrogen and oxygen atoms in total. The first kappa shape index (κ1) is 16.8. The zero-order chi connectivity index (χ0) is 17.3. The maximum absolute atomic E-state index is 11.8. The summed E-state index contributed by atoms with van der Waals surface area (Å²) in [5.41, 5.74) is 0.661. The molecule has 24 heavy (non-hydrogen) atoms. The molecule has 0 saturated carbocycles. The van der Waals surface area contributed by atoms with Gasteiger partial charge < -0.3 is 9.73 Å². The molecule has 1 aromatic carbocycles. The first-order chi connectivity index (χ1) is 11.4. The molecule has 0 fully saturated rings. The summed E-state index contributed by atoms with van der Waals surface area (Å²) in [6.45, 7) is 1.35. The third kappa shape index (κ3) is 3.56. The highest BCUT2D eigenvalue weighted by atomic mass is 35.5. The average molecular weight is 381 g/mol. The minimum atomic E-state index is -0.428. The average Bonchev–Trinajstić information content (AvgIpc) is 3.09. The molecule has 122 valence electrons. The summed E-state index contributed by atoms with van der Waals surface area (Å²) in [6.07, 6.45) is 1.56. The van der Waals surface area contributed by atoms with Gasteiger partial charge in [-0.3, -0.25) is 9.59 Å². The number of aliphatic imine (C=N–C) groups is 1. The number of furan rings is 1. The molecule has 2 heterocycles. The van der Waals surface area contributed by atoms with Crippen molar-refractivity contribution < 1.29 is 14.0 Å². The fourth-order valence-corrected chi connectivity index (χ4v) is 3.24. The Bertz CT molecular complexity index is 902. The van der Waals surface area contributed by atoms with E-state index in [9.17, 15) is 9.59 Å². The number of benzene rings is 1. The van der Waals surface area contributed by atoms with Gasteiger partial charge in [0.2, 0.25) is 5.91 Å². The lowest BCUT2D eigenvalue weighted by molar-refractivity contribution is -0.117. The summed E-state index contributed by atoms with van der Waals surface area (Å²) in [5, 5.41) is 3.56. The van der Waals surface area contributed by atoms with E-state index in [2.05, 4.69) is 10.3 Å². The maximum atomic E-state index is 11.8. The Morgan fingerprint density at radius 1 is 1.29 bits per heavy atom. The lowest BCUT2D eigenvalue weighted by atomic mass is 10.2. The number of carbonyl (C=O) groups is 2. The van der Waals surface area contributed by atoms with Crippen LogP contribution in [0.15, 0.2) is 44.6 Å². The van der Waals surface area contributed by atoms with E-state index in [1.807, 2.05) is 0 Å². The van der Waals surface area contributed by atoms with E-state index in [1.54, 1.807) is 36.4 Å². The number of thioether (sulfide) groups is 1. The first-order valence-corrected chi connectivity index (χ1v) is 8.35. The highest BCUT2D eigenvalue weighted by Gasteiger charge is 2.23. The van der Waals surface area contributed by atoms with Gasteiger partial charge in [0.25, 0.3) is 5.91 Å². The Hall–Kier alpha value is -2.02. The van der Waals surface area contributed by atoms with Crippen molar-refractivity contribution in [3.8, 4) is 11.3 Å². The molecule has 0 radical (unpaired) electrons. The molecule has 0 spiro atoms. The molecule has 8 heteroatoms. The first-order valence-electron chi connectivity index (χ1n) is 6.78. The number of nitrogens with one attached hydrogen (secondary N) is 1. The third-order valence-electron chi connectivity index (χ3n) is 3.02. The minimum Gasteiger partial charge on any atom is -0.457 e. The van der Waals surface area contributed by atoms with Crippen LogP contribution in [-0.4, -0.2) is 17.0 Å². The molecular weight excluding hydrogens is 371 g/mol. The Balaban J connectivity index is 1.83. The Kier molecular flexibility index (Phi) is 4.80. The lowest BCUT2D eigenvalue weighted by Gasteiger charge is -2.02. The Labute approximate surface area is 151 Å². The van der Waals surface area contributed by atoms with Crippen LogP contribution in [-0.2, 0) is 9.59 Å². The van der Waals surface area contributed by atoms with Crippen molar-refractivity contribution >= 4 is 58.0 Å². The molecule has 3 rings (SSSR count). The van der Waals surface area contributed by atoms with Gasteiger partial charge in [0.1, 0.15) is 11.5 Å². The van der Waals surface area contributed by atoms with E-state index in [4.69, 9.17) is 27.6 Å². The van der Waals surface area contributed by atoms with Crippen LogP contribution in [0.4, 0.5) is 0 Å². The lowest BCUT2D eigenvalue weighted by Crippen LogP contribution is -2.23. The number of amidine groups is 1. The number of halogens is 2. The third-order valence-corrected chi connectivity index (χ3v) is 4.74. The number of amides is 2. The van der Waals surface area contributed by atoms with Gasteiger partial charge in [0.05, 0.1) is 15.0 Å². The highest BCUT2D eigenvalue weighted by Crippen LogP contribution is 2.35. The molecule has 1 aromatic heterocycles. The monoisotopic (exact) mass is 380 g/mol. The molecule has 2 amide bonds. The van der Waals surface area contributed by atoms with E-state index >= 15 is 0 Å². The zero-order valence-corrected chi connectivity index (χ0v) is 14.6. The molecule has 0 saturated heterocycles. The minimum absolute atomic E-state index is 0.253. The van der Waals surface area contributed by atoms with Gasteiger partial charge in [-0.15, -0.1) is 0 Å². The largest absolute Gasteiger partial charge is 0.457 e. The van der Waals surface area contributed by atoms with Crippen LogP contribution in [0.3, 0.4) is 0 Å². The van der Waals surface area contributed by atoms with Gasteiger partial charge in [-0.05, 0) is 36.0 Å². The maximum Gasteiger partial charge on any atom is 0.286 e. The summed E-state index contributed by atoms with van der Waals surface area (Å²) in [5.74, 6) is 0.289. The summed E-state index contributed by atoms with van der Waals surface area (Å²) < 4.78 is 5.71. The van der Waals surface area contributed by atoms with Crippen molar-refractivity contribution in [2.45, 2.75) is 6.92 Å². The fourth-order valence-electron chi connectivity index (χ4n) is 2.01. The van der Waals surface area contributed by atoms with Crippen molar-refractivity contribution in [2.75, 3.05) is 0 Å². The topological polar surface area (TPSA) is 71.7 Å². The smallest absolute Gasteiger partial charge is 0.286 e. The predicted octanol–water partition coefficient (Wildman–Crippen LogP) is 4.36. The molecule has 1 N–H and O–H groups in total. The van der Waals surface area contributed by atoms with Crippen molar-refractivity contribution in [1.82, 2.24) is 5.32 Å². The van der Waals surface area contributed by atoms with E-state index in [0.717, 1.165) is 11.8 Å². The SMILES string of the molecule is CC(=O)NC1=NC(=O)/C(=C/c2ccc(-c3cccc(Cl)c3Cl)o2)S1.